The second kappa shape index (κ2) is 6.02. The van der Waals surface area contributed by atoms with Crippen molar-refractivity contribution in [2.45, 2.75) is 26.7 Å². The van der Waals surface area contributed by atoms with Crippen molar-refractivity contribution >= 4 is 10.9 Å². The van der Waals surface area contributed by atoms with Gasteiger partial charge in [-0.05, 0) is 17.5 Å². The molecule has 0 aliphatic rings. The number of aromatic nitrogens is 1. The topological polar surface area (TPSA) is 32.9 Å². The van der Waals surface area contributed by atoms with Crippen LogP contribution in [-0.4, -0.2) is 4.98 Å². The van der Waals surface area contributed by atoms with Crippen LogP contribution in [-0.2, 0) is 0 Å². The Morgan fingerprint density at radius 3 is 2.33 bits per heavy atom. The Hall–Kier alpha value is -1.57. The van der Waals surface area contributed by atoms with E-state index in [2.05, 4.69) is 18.8 Å². The molecule has 2 heteroatoms. The van der Waals surface area contributed by atoms with Crippen LogP contribution in [0.1, 0.15) is 26.7 Å². The van der Waals surface area contributed by atoms with Gasteiger partial charge in [-0.3, -0.25) is 4.79 Å². The van der Waals surface area contributed by atoms with Gasteiger partial charge >= 0.3 is 0 Å². The minimum atomic E-state index is -0.0521. The van der Waals surface area contributed by atoms with Crippen molar-refractivity contribution in [2.75, 3.05) is 0 Å². The number of fused-ring (bicyclic) bond motifs is 1. The van der Waals surface area contributed by atoms with Gasteiger partial charge in [0.15, 0.2) is 0 Å². The quantitative estimate of drug-likeness (QED) is 0.757. The molecule has 15 heavy (non-hydrogen) atoms. The van der Waals surface area contributed by atoms with Gasteiger partial charge in [0.25, 0.3) is 0 Å². The summed E-state index contributed by atoms with van der Waals surface area (Å²) in [7, 11) is 0. The smallest absolute Gasteiger partial charge is 0.248 e. The molecule has 2 aromatic rings. The van der Waals surface area contributed by atoms with E-state index in [1.54, 1.807) is 0 Å². The fraction of sp³-hybridized carbons (Fsp3) is 0.308. The van der Waals surface area contributed by atoms with E-state index in [1.165, 1.54) is 18.9 Å². The van der Waals surface area contributed by atoms with Gasteiger partial charge < -0.3 is 4.98 Å². The van der Waals surface area contributed by atoms with Crippen molar-refractivity contribution < 1.29 is 0 Å². The fourth-order valence-electron chi connectivity index (χ4n) is 1.10. The van der Waals surface area contributed by atoms with Gasteiger partial charge in [0.05, 0.1) is 0 Å². The first-order chi connectivity index (χ1) is 7.27. The van der Waals surface area contributed by atoms with Crippen molar-refractivity contribution in [1.29, 1.82) is 0 Å². The van der Waals surface area contributed by atoms with Crippen molar-refractivity contribution in [3.05, 3.63) is 46.8 Å². The Kier molecular flexibility index (Phi) is 4.61. The number of H-pyrrole nitrogens is 1. The number of hydrogen-bond donors (Lipinski definition) is 1. The standard InChI is InChI=1S/C9H7NO.C4H10/c11-9-6-5-7-3-1-2-4-8(7)10-9;1-3-4-2/h1-6H,(H,10,11);3-4H2,1-2H3. The third-order valence-corrected chi connectivity index (χ3v) is 2.13. The summed E-state index contributed by atoms with van der Waals surface area (Å²) in [4.78, 5) is 13.6. The molecule has 80 valence electrons. The normalized spacial score (nSPS) is 9.47. The number of rotatable bonds is 1. The summed E-state index contributed by atoms with van der Waals surface area (Å²) in [6, 6.07) is 11.0. The molecule has 0 fully saturated rings. The average Bonchev–Trinajstić information content (AvgIpc) is 2.29. The number of unbranched alkanes of at least 4 members (excludes halogenated alkanes) is 1. The van der Waals surface area contributed by atoms with E-state index in [1.807, 2.05) is 30.3 Å². The minimum absolute atomic E-state index is 0.0521. The maximum atomic E-state index is 10.8. The van der Waals surface area contributed by atoms with Gasteiger partial charge in [0.2, 0.25) is 5.56 Å². The van der Waals surface area contributed by atoms with E-state index < -0.39 is 0 Å². The first kappa shape index (κ1) is 11.5. The van der Waals surface area contributed by atoms with Crippen LogP contribution in [0.25, 0.3) is 10.9 Å². The number of hydrogen-bond acceptors (Lipinski definition) is 1. The molecular formula is C13H17NO. The summed E-state index contributed by atoms with van der Waals surface area (Å²) in [5.41, 5.74) is 0.837. The summed E-state index contributed by atoms with van der Waals surface area (Å²) >= 11 is 0. The zero-order chi connectivity index (χ0) is 11.1. The maximum absolute atomic E-state index is 10.8. The second-order valence-electron chi connectivity index (χ2n) is 3.41. The average molecular weight is 203 g/mol. The van der Waals surface area contributed by atoms with Crippen LogP contribution < -0.4 is 5.56 Å². The molecule has 2 nitrogen and oxygen atoms in total. The molecule has 0 saturated heterocycles. The third-order valence-electron chi connectivity index (χ3n) is 2.13. The molecule has 0 atom stereocenters. The first-order valence-corrected chi connectivity index (χ1v) is 5.36. The van der Waals surface area contributed by atoms with E-state index in [9.17, 15) is 4.79 Å². The molecule has 0 aliphatic heterocycles. The van der Waals surface area contributed by atoms with Crippen LogP contribution >= 0.6 is 0 Å². The molecule has 0 unspecified atom stereocenters. The Morgan fingerprint density at radius 2 is 1.67 bits per heavy atom. The molecule has 1 aromatic carbocycles. The van der Waals surface area contributed by atoms with Gasteiger partial charge in [-0.15, -0.1) is 0 Å². The first-order valence-electron chi connectivity index (χ1n) is 5.36. The zero-order valence-corrected chi connectivity index (χ0v) is 9.29. The molecule has 2 rings (SSSR count). The van der Waals surface area contributed by atoms with Gasteiger partial charge in [0, 0.05) is 11.6 Å². The molecule has 0 bridgehead atoms. The molecule has 1 heterocycles. The van der Waals surface area contributed by atoms with E-state index >= 15 is 0 Å². The lowest BCUT2D eigenvalue weighted by molar-refractivity contribution is 0.886. The van der Waals surface area contributed by atoms with Crippen LogP contribution in [0.2, 0.25) is 0 Å². The number of aromatic amines is 1. The van der Waals surface area contributed by atoms with Crippen LogP contribution in [0.3, 0.4) is 0 Å². The highest BCUT2D eigenvalue weighted by molar-refractivity contribution is 5.77. The molecule has 1 aromatic heterocycles. The van der Waals surface area contributed by atoms with Crippen molar-refractivity contribution in [3.63, 3.8) is 0 Å². The van der Waals surface area contributed by atoms with Gasteiger partial charge in [0.1, 0.15) is 0 Å². The number of para-hydroxylation sites is 1. The van der Waals surface area contributed by atoms with Gasteiger partial charge in [-0.2, -0.15) is 0 Å². The molecule has 0 saturated carbocycles. The Morgan fingerprint density at radius 1 is 1.00 bits per heavy atom. The molecule has 1 N–H and O–H groups in total. The summed E-state index contributed by atoms with van der Waals surface area (Å²) in [5, 5.41) is 1.06. The summed E-state index contributed by atoms with van der Waals surface area (Å²) in [6.45, 7) is 4.36. The van der Waals surface area contributed by atoms with Crippen molar-refractivity contribution in [3.8, 4) is 0 Å². The van der Waals surface area contributed by atoms with Crippen molar-refractivity contribution in [2.24, 2.45) is 0 Å². The van der Waals surface area contributed by atoms with Gasteiger partial charge in [-0.1, -0.05) is 44.9 Å². The SMILES string of the molecule is CCCC.O=c1ccc2ccccc2[nH]1. The lowest BCUT2D eigenvalue weighted by Gasteiger charge is -1.93. The van der Waals surface area contributed by atoms with Crippen LogP contribution in [0.15, 0.2) is 41.2 Å². The van der Waals surface area contributed by atoms with Crippen LogP contribution in [0, 0.1) is 0 Å². The largest absolute Gasteiger partial charge is 0.322 e. The predicted molar refractivity (Wildman–Crippen MR) is 65.2 cm³/mol. The highest BCUT2D eigenvalue weighted by atomic mass is 16.1. The van der Waals surface area contributed by atoms with Gasteiger partial charge in [-0.25, -0.2) is 0 Å². The Bertz CT molecular complexity index is 457. The summed E-state index contributed by atoms with van der Waals surface area (Å²) < 4.78 is 0. The van der Waals surface area contributed by atoms with Crippen LogP contribution in [0.4, 0.5) is 0 Å². The third kappa shape index (κ3) is 3.58. The minimum Gasteiger partial charge on any atom is -0.322 e. The number of benzene rings is 1. The molecule has 0 radical (unpaired) electrons. The zero-order valence-electron chi connectivity index (χ0n) is 9.29. The van der Waals surface area contributed by atoms with Crippen molar-refractivity contribution in [1.82, 2.24) is 4.98 Å². The fourth-order valence-corrected chi connectivity index (χ4v) is 1.10. The van der Waals surface area contributed by atoms with E-state index in [0.717, 1.165) is 10.9 Å². The second-order valence-corrected chi connectivity index (χ2v) is 3.41. The van der Waals surface area contributed by atoms with E-state index in [4.69, 9.17) is 0 Å². The number of nitrogens with one attached hydrogen (secondary N) is 1. The molecular weight excluding hydrogens is 186 g/mol. The predicted octanol–water partition coefficient (Wildman–Crippen LogP) is 3.33. The lowest BCUT2D eigenvalue weighted by Crippen LogP contribution is -2.01. The highest BCUT2D eigenvalue weighted by Crippen LogP contribution is 2.06. The molecule has 0 spiro atoms. The lowest BCUT2D eigenvalue weighted by atomic mass is 10.2. The van der Waals surface area contributed by atoms with E-state index in [-0.39, 0.29) is 5.56 Å². The monoisotopic (exact) mass is 203 g/mol. The van der Waals surface area contributed by atoms with E-state index in [0.29, 0.717) is 0 Å². The number of pyridine rings is 1. The summed E-state index contributed by atoms with van der Waals surface area (Å²) in [6.07, 6.45) is 2.64. The summed E-state index contributed by atoms with van der Waals surface area (Å²) in [5.74, 6) is 0. The maximum Gasteiger partial charge on any atom is 0.248 e. The Labute approximate surface area is 90.0 Å². The molecule has 0 aliphatic carbocycles. The molecule has 0 amide bonds. The Balaban J connectivity index is 0.000000245. The highest BCUT2D eigenvalue weighted by Gasteiger charge is 1.89. The van der Waals surface area contributed by atoms with Crippen LogP contribution in [0.5, 0.6) is 0 Å².